The quantitative estimate of drug-likeness (QED) is 0.918. The van der Waals surface area contributed by atoms with Gasteiger partial charge in [0, 0.05) is 6.54 Å². The topological polar surface area (TPSA) is 38.3 Å². The molecule has 5 heteroatoms. The van der Waals surface area contributed by atoms with Crippen molar-refractivity contribution in [2.75, 3.05) is 13.7 Å². The first-order valence-electron chi connectivity index (χ1n) is 6.47. The zero-order chi connectivity index (χ0) is 15.2. The molecule has 2 rings (SSSR count). The van der Waals surface area contributed by atoms with E-state index in [0.717, 1.165) is 11.3 Å². The van der Waals surface area contributed by atoms with Crippen LogP contribution in [0.3, 0.4) is 0 Å². The lowest BCUT2D eigenvalue weighted by molar-refractivity contribution is 0.0950. The van der Waals surface area contributed by atoms with Crippen molar-refractivity contribution in [3.05, 3.63) is 64.4 Å². The van der Waals surface area contributed by atoms with Crippen molar-refractivity contribution in [1.29, 1.82) is 0 Å². The van der Waals surface area contributed by atoms with Crippen LogP contribution in [0.15, 0.2) is 42.5 Å². The maximum absolute atomic E-state index is 13.6. The fourth-order valence-corrected chi connectivity index (χ4v) is 2.16. The smallest absolute Gasteiger partial charge is 0.255 e. The third-order valence-corrected chi connectivity index (χ3v) is 3.36. The predicted octanol–water partition coefficient (Wildman–Crippen LogP) is 3.46. The maximum atomic E-state index is 13.6. The van der Waals surface area contributed by atoms with Crippen molar-refractivity contribution < 1.29 is 13.9 Å². The zero-order valence-electron chi connectivity index (χ0n) is 11.5. The van der Waals surface area contributed by atoms with E-state index in [4.69, 9.17) is 16.3 Å². The van der Waals surface area contributed by atoms with Gasteiger partial charge in [0.25, 0.3) is 5.91 Å². The zero-order valence-corrected chi connectivity index (χ0v) is 12.3. The van der Waals surface area contributed by atoms with Gasteiger partial charge in [0.1, 0.15) is 11.6 Å². The molecule has 0 radical (unpaired) electrons. The Labute approximate surface area is 127 Å². The van der Waals surface area contributed by atoms with Crippen molar-refractivity contribution in [3.63, 3.8) is 0 Å². The standard InChI is InChI=1S/C16H15ClFNO2/c1-21-12-7-5-11(6-8-12)9-10-19-16(20)15-13(17)3-2-4-14(15)18/h2-8H,9-10H2,1H3,(H,19,20). The SMILES string of the molecule is COc1ccc(CCNC(=O)c2c(F)cccc2Cl)cc1. The monoisotopic (exact) mass is 307 g/mol. The van der Waals surface area contributed by atoms with E-state index < -0.39 is 11.7 Å². The Balaban J connectivity index is 1.92. The summed E-state index contributed by atoms with van der Waals surface area (Å²) in [5.41, 5.74) is 0.935. The lowest BCUT2D eigenvalue weighted by Crippen LogP contribution is -2.26. The predicted molar refractivity (Wildman–Crippen MR) is 80.4 cm³/mol. The van der Waals surface area contributed by atoms with Crippen LogP contribution in [-0.4, -0.2) is 19.6 Å². The first-order chi connectivity index (χ1) is 10.1. The Morgan fingerprint density at radius 1 is 1.24 bits per heavy atom. The van der Waals surface area contributed by atoms with Gasteiger partial charge < -0.3 is 10.1 Å². The van der Waals surface area contributed by atoms with E-state index in [1.165, 1.54) is 18.2 Å². The maximum Gasteiger partial charge on any atom is 0.255 e. The molecule has 0 heterocycles. The molecule has 0 unspecified atom stereocenters. The number of hydrogen-bond acceptors (Lipinski definition) is 2. The molecule has 0 aromatic heterocycles. The molecule has 0 aliphatic rings. The van der Waals surface area contributed by atoms with Crippen LogP contribution in [-0.2, 0) is 6.42 Å². The fraction of sp³-hybridized carbons (Fsp3) is 0.188. The van der Waals surface area contributed by atoms with Crippen LogP contribution < -0.4 is 10.1 Å². The molecule has 0 bridgehead atoms. The molecule has 0 aliphatic carbocycles. The first-order valence-corrected chi connectivity index (χ1v) is 6.84. The summed E-state index contributed by atoms with van der Waals surface area (Å²) in [7, 11) is 1.60. The van der Waals surface area contributed by atoms with Gasteiger partial charge in [-0.1, -0.05) is 29.8 Å². The van der Waals surface area contributed by atoms with Gasteiger partial charge in [-0.15, -0.1) is 0 Å². The van der Waals surface area contributed by atoms with E-state index in [1.807, 2.05) is 24.3 Å². The fourth-order valence-electron chi connectivity index (χ4n) is 1.92. The Morgan fingerprint density at radius 2 is 1.95 bits per heavy atom. The Morgan fingerprint density at radius 3 is 2.57 bits per heavy atom. The minimum atomic E-state index is -0.621. The minimum Gasteiger partial charge on any atom is -0.497 e. The van der Waals surface area contributed by atoms with Gasteiger partial charge >= 0.3 is 0 Å². The molecule has 1 N–H and O–H groups in total. The van der Waals surface area contributed by atoms with Crippen LogP contribution in [0.5, 0.6) is 5.75 Å². The van der Waals surface area contributed by atoms with Crippen LogP contribution in [0.4, 0.5) is 4.39 Å². The van der Waals surface area contributed by atoms with E-state index >= 15 is 0 Å². The summed E-state index contributed by atoms with van der Waals surface area (Å²) < 4.78 is 18.6. The van der Waals surface area contributed by atoms with E-state index in [0.29, 0.717) is 13.0 Å². The summed E-state index contributed by atoms with van der Waals surface area (Å²) >= 11 is 5.84. The lowest BCUT2D eigenvalue weighted by Gasteiger charge is -2.08. The van der Waals surface area contributed by atoms with Crippen LogP contribution in [0.1, 0.15) is 15.9 Å². The van der Waals surface area contributed by atoms with Crippen LogP contribution >= 0.6 is 11.6 Å². The molecule has 2 aromatic rings. The number of ether oxygens (including phenoxy) is 1. The molecule has 2 aromatic carbocycles. The van der Waals surface area contributed by atoms with E-state index in [9.17, 15) is 9.18 Å². The Kier molecular flexibility index (Phi) is 5.17. The van der Waals surface area contributed by atoms with Gasteiger partial charge in [-0.25, -0.2) is 4.39 Å². The number of methoxy groups -OCH3 is 1. The van der Waals surface area contributed by atoms with Crippen molar-refractivity contribution in [2.24, 2.45) is 0 Å². The summed E-state index contributed by atoms with van der Waals surface area (Å²) in [5, 5.41) is 2.77. The number of amides is 1. The highest BCUT2D eigenvalue weighted by atomic mass is 35.5. The molecular weight excluding hydrogens is 293 g/mol. The lowest BCUT2D eigenvalue weighted by atomic mass is 10.1. The molecule has 110 valence electrons. The number of halogens is 2. The second-order valence-corrected chi connectivity index (χ2v) is 4.86. The van der Waals surface area contributed by atoms with Crippen molar-refractivity contribution in [1.82, 2.24) is 5.32 Å². The van der Waals surface area contributed by atoms with Crippen molar-refractivity contribution in [2.45, 2.75) is 6.42 Å². The van der Waals surface area contributed by atoms with Crippen LogP contribution in [0.2, 0.25) is 5.02 Å². The molecule has 0 spiro atoms. The molecule has 0 atom stereocenters. The largest absolute Gasteiger partial charge is 0.497 e. The third kappa shape index (κ3) is 3.95. The minimum absolute atomic E-state index is 0.108. The van der Waals surface area contributed by atoms with Gasteiger partial charge in [-0.3, -0.25) is 4.79 Å². The van der Waals surface area contributed by atoms with Crippen LogP contribution in [0, 0.1) is 5.82 Å². The number of rotatable bonds is 5. The highest BCUT2D eigenvalue weighted by Gasteiger charge is 2.14. The summed E-state index contributed by atoms with van der Waals surface area (Å²) in [6, 6.07) is 11.7. The number of hydrogen-bond donors (Lipinski definition) is 1. The number of carbonyl (C=O) groups excluding carboxylic acids is 1. The highest BCUT2D eigenvalue weighted by Crippen LogP contribution is 2.18. The average molecular weight is 308 g/mol. The highest BCUT2D eigenvalue weighted by molar-refractivity contribution is 6.33. The van der Waals surface area contributed by atoms with Crippen LogP contribution in [0.25, 0.3) is 0 Å². The molecular formula is C16H15ClFNO2. The molecule has 0 saturated heterocycles. The summed E-state index contributed by atoms with van der Waals surface area (Å²) in [5.74, 6) is -0.350. The molecule has 0 fully saturated rings. The molecule has 21 heavy (non-hydrogen) atoms. The summed E-state index contributed by atoms with van der Waals surface area (Å²) in [4.78, 5) is 11.9. The van der Waals surface area contributed by atoms with Crippen molar-refractivity contribution >= 4 is 17.5 Å². The third-order valence-electron chi connectivity index (χ3n) is 3.05. The second kappa shape index (κ2) is 7.09. The Bertz CT molecular complexity index is 608. The molecule has 0 aliphatic heterocycles. The van der Waals surface area contributed by atoms with Gasteiger partial charge in [-0.05, 0) is 36.2 Å². The Hall–Kier alpha value is -2.07. The van der Waals surface area contributed by atoms with Gasteiger partial charge in [0.2, 0.25) is 0 Å². The first kappa shape index (κ1) is 15.3. The second-order valence-electron chi connectivity index (χ2n) is 4.45. The van der Waals surface area contributed by atoms with Gasteiger partial charge in [-0.2, -0.15) is 0 Å². The number of carbonyl (C=O) groups is 1. The molecule has 3 nitrogen and oxygen atoms in total. The normalized spacial score (nSPS) is 10.2. The van der Waals surface area contributed by atoms with E-state index in [2.05, 4.69) is 5.32 Å². The number of nitrogens with one attached hydrogen (secondary N) is 1. The molecule has 1 amide bonds. The summed E-state index contributed by atoms with van der Waals surface area (Å²) in [6.07, 6.45) is 0.641. The summed E-state index contributed by atoms with van der Waals surface area (Å²) in [6.45, 7) is 0.399. The number of benzene rings is 2. The average Bonchev–Trinajstić information content (AvgIpc) is 2.48. The molecule has 0 saturated carbocycles. The van der Waals surface area contributed by atoms with E-state index in [1.54, 1.807) is 7.11 Å². The van der Waals surface area contributed by atoms with Crippen molar-refractivity contribution in [3.8, 4) is 5.75 Å². The van der Waals surface area contributed by atoms with Gasteiger partial charge in [0.05, 0.1) is 17.7 Å². The van der Waals surface area contributed by atoms with Gasteiger partial charge in [0.15, 0.2) is 0 Å². The van der Waals surface area contributed by atoms with E-state index in [-0.39, 0.29) is 10.6 Å².